The van der Waals surface area contributed by atoms with Crippen molar-refractivity contribution < 1.29 is 22.7 Å². The zero-order chi connectivity index (χ0) is 24.6. The zero-order valence-electron chi connectivity index (χ0n) is 18.9. The van der Waals surface area contributed by atoms with Crippen molar-refractivity contribution in [1.29, 1.82) is 0 Å². The van der Waals surface area contributed by atoms with E-state index < -0.39 is 22.0 Å². The normalized spacial score (nSPS) is 18.1. The first-order chi connectivity index (χ1) is 16.9. The van der Waals surface area contributed by atoms with Crippen molar-refractivity contribution >= 4 is 33.4 Å². The lowest BCUT2D eigenvalue weighted by Crippen LogP contribution is -2.43. The smallest absolute Gasteiger partial charge is 0.358 e. The molecule has 3 heterocycles. The number of aromatic nitrogens is 2. The highest BCUT2D eigenvalue weighted by atomic mass is 32.2. The second-order valence-corrected chi connectivity index (χ2v) is 9.72. The average molecular weight is 494 g/mol. The van der Waals surface area contributed by atoms with E-state index in [0.717, 1.165) is 6.42 Å². The molecule has 2 aromatic carbocycles. The lowest BCUT2D eigenvalue weighted by Gasteiger charge is -2.25. The van der Waals surface area contributed by atoms with E-state index in [1.807, 2.05) is 0 Å². The fourth-order valence-electron chi connectivity index (χ4n) is 4.32. The molecule has 1 saturated heterocycles. The number of hydrogen-bond donors (Lipinski definition) is 1. The molecule has 3 aromatic rings. The van der Waals surface area contributed by atoms with Crippen LogP contribution < -0.4 is 5.32 Å². The number of nitrogens with one attached hydrogen (secondary N) is 1. The molecule has 35 heavy (non-hydrogen) atoms. The van der Waals surface area contributed by atoms with E-state index in [1.165, 1.54) is 10.7 Å². The number of fused-ring (bicyclic) bond motifs is 1. The summed E-state index contributed by atoms with van der Waals surface area (Å²) in [6.45, 7) is 2.52. The van der Waals surface area contributed by atoms with E-state index >= 15 is 0 Å². The minimum atomic E-state index is -3.77. The molecule has 2 aliphatic heterocycles. The van der Waals surface area contributed by atoms with Gasteiger partial charge in [0.25, 0.3) is 10.0 Å². The first kappa shape index (κ1) is 22.8. The number of carbonyl (C=O) groups excluding carboxylic acids is 2. The van der Waals surface area contributed by atoms with Crippen LogP contribution in [0, 0.1) is 0 Å². The number of anilines is 1. The van der Waals surface area contributed by atoms with Gasteiger partial charge in [-0.3, -0.25) is 4.79 Å². The number of hydrogen-bond acceptors (Lipinski definition) is 7. The second kappa shape index (κ2) is 8.99. The SMILES string of the molecule is CCOC(=O)c1ccn(-c2cccc(NC(=O)[C@@H]3CCCN3C3=NS(=O)(=O)c4ccccc43)c2)n1. The number of amides is 1. The van der Waals surface area contributed by atoms with Gasteiger partial charge in [-0.25, -0.2) is 9.48 Å². The minimum Gasteiger partial charge on any atom is -0.461 e. The standard InChI is InChI=1S/C24H23N5O5S/c1-2-34-24(31)19-12-14-29(26-19)17-8-5-7-16(15-17)25-23(30)20-10-6-13-28(20)22-18-9-3-4-11-21(18)35(32,33)27-22/h3-5,7-9,11-12,14-15,20H,2,6,10,13H2,1H3,(H,25,30)/t20-/m0/s1. The van der Waals surface area contributed by atoms with Crippen molar-refractivity contribution in [1.82, 2.24) is 14.7 Å². The Labute approximate surface area is 202 Å². The number of carbonyl (C=O) groups is 2. The van der Waals surface area contributed by atoms with E-state index in [1.54, 1.807) is 66.6 Å². The molecule has 0 spiro atoms. The van der Waals surface area contributed by atoms with Crippen molar-refractivity contribution in [2.75, 3.05) is 18.5 Å². The maximum absolute atomic E-state index is 13.2. The highest BCUT2D eigenvalue weighted by Crippen LogP contribution is 2.31. The highest BCUT2D eigenvalue weighted by molar-refractivity contribution is 7.90. The van der Waals surface area contributed by atoms with Crippen LogP contribution in [0.3, 0.4) is 0 Å². The van der Waals surface area contributed by atoms with E-state index in [0.29, 0.717) is 35.7 Å². The Morgan fingerprint density at radius 1 is 1.14 bits per heavy atom. The zero-order valence-corrected chi connectivity index (χ0v) is 19.7. The van der Waals surface area contributed by atoms with Crippen molar-refractivity contribution in [3.63, 3.8) is 0 Å². The van der Waals surface area contributed by atoms with E-state index in [9.17, 15) is 18.0 Å². The molecule has 1 amide bonds. The molecule has 0 saturated carbocycles. The predicted molar refractivity (Wildman–Crippen MR) is 128 cm³/mol. The van der Waals surface area contributed by atoms with Gasteiger partial charge >= 0.3 is 5.97 Å². The monoisotopic (exact) mass is 493 g/mol. The first-order valence-corrected chi connectivity index (χ1v) is 12.7. The molecule has 180 valence electrons. The van der Waals surface area contributed by atoms with Crippen LogP contribution in [-0.4, -0.2) is 60.0 Å². The maximum Gasteiger partial charge on any atom is 0.358 e. The summed E-state index contributed by atoms with van der Waals surface area (Å²) in [5.74, 6) is -0.442. The van der Waals surface area contributed by atoms with Crippen LogP contribution in [0.2, 0.25) is 0 Å². The van der Waals surface area contributed by atoms with Crippen LogP contribution in [0.25, 0.3) is 5.69 Å². The van der Waals surface area contributed by atoms with Crippen LogP contribution in [-0.2, 0) is 19.6 Å². The van der Waals surface area contributed by atoms with Gasteiger partial charge in [0.1, 0.15) is 10.9 Å². The number of rotatable bonds is 5. The number of ether oxygens (including phenoxy) is 1. The van der Waals surface area contributed by atoms with Gasteiger partial charge in [-0.1, -0.05) is 18.2 Å². The Morgan fingerprint density at radius 2 is 1.97 bits per heavy atom. The van der Waals surface area contributed by atoms with Gasteiger partial charge in [0, 0.05) is 24.0 Å². The minimum absolute atomic E-state index is 0.162. The van der Waals surface area contributed by atoms with Crippen LogP contribution in [0.15, 0.2) is 70.1 Å². The van der Waals surface area contributed by atoms with Crippen molar-refractivity contribution in [2.45, 2.75) is 30.7 Å². The Bertz CT molecular complexity index is 1450. The quantitative estimate of drug-likeness (QED) is 0.542. The topological polar surface area (TPSA) is 123 Å². The number of likely N-dealkylation sites (tertiary alicyclic amines) is 1. The molecule has 2 aliphatic rings. The third-order valence-electron chi connectivity index (χ3n) is 5.89. The molecule has 0 unspecified atom stereocenters. The molecule has 0 bridgehead atoms. The summed E-state index contributed by atoms with van der Waals surface area (Å²) < 4.78 is 35.5. The molecule has 1 atom stereocenters. The molecule has 0 radical (unpaired) electrons. The summed E-state index contributed by atoms with van der Waals surface area (Å²) in [5.41, 5.74) is 1.91. The number of esters is 1. The molecular formula is C24H23N5O5S. The Kier molecular flexibility index (Phi) is 5.85. The molecule has 0 aliphatic carbocycles. The molecule has 5 rings (SSSR count). The van der Waals surface area contributed by atoms with Crippen molar-refractivity contribution in [2.24, 2.45) is 4.40 Å². The molecule has 1 fully saturated rings. The Hall–Kier alpha value is -3.99. The van der Waals surface area contributed by atoms with Crippen LogP contribution in [0.1, 0.15) is 35.8 Å². The summed E-state index contributed by atoms with van der Waals surface area (Å²) in [6, 6.07) is 14.7. The number of benzene rings is 2. The van der Waals surface area contributed by atoms with Gasteiger partial charge in [-0.05, 0) is 56.2 Å². The summed E-state index contributed by atoms with van der Waals surface area (Å²) in [6.07, 6.45) is 2.96. The van der Waals surface area contributed by atoms with Gasteiger partial charge in [0.15, 0.2) is 11.5 Å². The predicted octanol–water partition coefficient (Wildman–Crippen LogP) is 2.60. The van der Waals surface area contributed by atoms with Gasteiger partial charge in [-0.15, -0.1) is 4.40 Å². The number of sulfonamides is 1. The van der Waals surface area contributed by atoms with Crippen LogP contribution in [0.5, 0.6) is 0 Å². The van der Waals surface area contributed by atoms with E-state index in [4.69, 9.17) is 4.74 Å². The van der Waals surface area contributed by atoms with Crippen LogP contribution >= 0.6 is 0 Å². The average Bonchev–Trinajstić information content (AvgIpc) is 3.58. The Balaban J connectivity index is 1.35. The summed E-state index contributed by atoms with van der Waals surface area (Å²) in [5, 5.41) is 7.17. The lowest BCUT2D eigenvalue weighted by atomic mass is 10.1. The third-order valence-corrected chi connectivity index (χ3v) is 7.22. The van der Waals surface area contributed by atoms with Crippen molar-refractivity contribution in [3.05, 3.63) is 72.1 Å². The molecule has 11 heteroatoms. The van der Waals surface area contributed by atoms with Gasteiger partial charge < -0.3 is 15.0 Å². The van der Waals surface area contributed by atoms with E-state index in [2.05, 4.69) is 14.8 Å². The largest absolute Gasteiger partial charge is 0.461 e. The fraction of sp³-hybridized carbons (Fsp3) is 0.250. The summed E-state index contributed by atoms with van der Waals surface area (Å²) >= 11 is 0. The number of nitrogens with zero attached hydrogens (tertiary/aromatic N) is 4. The number of amidine groups is 1. The lowest BCUT2D eigenvalue weighted by molar-refractivity contribution is -0.119. The second-order valence-electron chi connectivity index (χ2n) is 8.14. The highest BCUT2D eigenvalue weighted by Gasteiger charge is 2.39. The molecular weight excluding hydrogens is 470 g/mol. The van der Waals surface area contributed by atoms with Gasteiger partial charge in [-0.2, -0.15) is 13.5 Å². The molecule has 10 nitrogen and oxygen atoms in total. The van der Waals surface area contributed by atoms with Gasteiger partial charge in [0.2, 0.25) is 5.91 Å². The van der Waals surface area contributed by atoms with E-state index in [-0.39, 0.29) is 23.1 Å². The summed E-state index contributed by atoms with van der Waals surface area (Å²) in [7, 11) is -3.77. The molecule has 1 aromatic heterocycles. The van der Waals surface area contributed by atoms with Crippen LogP contribution in [0.4, 0.5) is 5.69 Å². The maximum atomic E-state index is 13.2. The van der Waals surface area contributed by atoms with Gasteiger partial charge in [0.05, 0.1) is 12.3 Å². The third kappa shape index (κ3) is 4.30. The molecule has 1 N–H and O–H groups in total. The first-order valence-electron chi connectivity index (χ1n) is 11.2. The fourth-order valence-corrected chi connectivity index (χ4v) is 5.54. The summed E-state index contributed by atoms with van der Waals surface area (Å²) in [4.78, 5) is 27.1. The Morgan fingerprint density at radius 3 is 2.80 bits per heavy atom. The van der Waals surface area contributed by atoms with Crippen molar-refractivity contribution in [3.8, 4) is 5.69 Å².